The van der Waals surface area contributed by atoms with Gasteiger partial charge in [0.2, 0.25) is 0 Å². The second-order valence-corrected chi connectivity index (χ2v) is 10.1. The van der Waals surface area contributed by atoms with Crippen LogP contribution in [0.2, 0.25) is 0 Å². The second kappa shape index (κ2) is 36.0. The topological polar surface area (TPSA) is 119 Å². The van der Waals surface area contributed by atoms with Crippen LogP contribution in [0.5, 0.6) is 5.75 Å². The first-order valence-corrected chi connectivity index (χ1v) is 16.9. The Morgan fingerprint density at radius 2 is 0.783 bits per heavy atom. The third-order valence-corrected chi connectivity index (χ3v) is 6.19. The van der Waals surface area contributed by atoms with Crippen molar-refractivity contribution < 1.29 is 56.9 Å². The molecule has 1 aromatic carbocycles. The van der Waals surface area contributed by atoms with Crippen molar-refractivity contribution in [1.82, 2.24) is 0 Å². The molecule has 12 nitrogen and oxygen atoms in total. The molecule has 12 heteroatoms. The van der Waals surface area contributed by atoms with Crippen LogP contribution in [-0.2, 0) is 52.2 Å². The Morgan fingerprint density at radius 1 is 0.435 bits per heavy atom. The van der Waals surface area contributed by atoms with Crippen molar-refractivity contribution in [1.29, 1.82) is 0 Å². The van der Waals surface area contributed by atoms with E-state index in [1.54, 1.807) is 0 Å². The van der Waals surface area contributed by atoms with Crippen molar-refractivity contribution >= 4 is 5.97 Å². The molecular formula is C34H60O12. The number of rotatable bonds is 37. The van der Waals surface area contributed by atoms with Gasteiger partial charge in [-0.3, -0.25) is 4.79 Å². The van der Waals surface area contributed by atoms with Gasteiger partial charge in [0, 0.05) is 6.42 Å². The molecule has 0 aliphatic carbocycles. The molecule has 0 atom stereocenters. The van der Waals surface area contributed by atoms with E-state index in [0.717, 1.165) is 18.6 Å². The molecule has 0 radical (unpaired) electrons. The van der Waals surface area contributed by atoms with E-state index < -0.39 is 0 Å². The van der Waals surface area contributed by atoms with Crippen LogP contribution >= 0.6 is 0 Å². The minimum Gasteiger partial charge on any atom is -0.491 e. The smallest absolute Gasteiger partial charge is 0.305 e. The van der Waals surface area contributed by atoms with Gasteiger partial charge in [-0.2, -0.15) is 0 Å². The summed E-state index contributed by atoms with van der Waals surface area (Å²) in [6.45, 7) is 11.9. The van der Waals surface area contributed by atoms with Crippen molar-refractivity contribution in [2.75, 3.05) is 132 Å². The van der Waals surface area contributed by atoms with Crippen molar-refractivity contribution in [3.63, 3.8) is 0 Å². The van der Waals surface area contributed by atoms with Gasteiger partial charge in [-0.05, 0) is 18.6 Å². The average molecular weight is 661 g/mol. The summed E-state index contributed by atoms with van der Waals surface area (Å²) in [5.41, 5.74) is 0. The van der Waals surface area contributed by atoms with Crippen LogP contribution in [0.3, 0.4) is 0 Å². The summed E-state index contributed by atoms with van der Waals surface area (Å²) in [7, 11) is 0. The molecule has 0 unspecified atom stereocenters. The summed E-state index contributed by atoms with van der Waals surface area (Å²) in [4.78, 5) is 11.6. The predicted molar refractivity (Wildman–Crippen MR) is 174 cm³/mol. The molecular weight excluding hydrogens is 600 g/mol. The van der Waals surface area contributed by atoms with Gasteiger partial charge in [0.05, 0.1) is 119 Å². The van der Waals surface area contributed by atoms with Crippen LogP contribution in [0.1, 0.15) is 45.4 Å². The minimum absolute atomic E-state index is 0.147. The first-order chi connectivity index (χ1) is 22.8. The molecule has 0 saturated heterocycles. The van der Waals surface area contributed by atoms with E-state index in [9.17, 15) is 4.79 Å². The van der Waals surface area contributed by atoms with Gasteiger partial charge in [-0.1, -0.05) is 50.8 Å². The van der Waals surface area contributed by atoms with E-state index in [0.29, 0.717) is 132 Å². The van der Waals surface area contributed by atoms with Crippen molar-refractivity contribution in [2.45, 2.75) is 45.4 Å². The Balaban J connectivity index is 1.63. The maximum absolute atomic E-state index is 11.6. The van der Waals surface area contributed by atoms with Crippen molar-refractivity contribution in [3.05, 3.63) is 30.3 Å². The Bertz CT molecular complexity index is 740. The largest absolute Gasteiger partial charge is 0.491 e. The highest BCUT2D eigenvalue weighted by Gasteiger charge is 2.02. The van der Waals surface area contributed by atoms with Gasteiger partial charge in [0.25, 0.3) is 0 Å². The lowest BCUT2D eigenvalue weighted by molar-refractivity contribution is -0.145. The molecule has 0 aliphatic rings. The highest BCUT2D eigenvalue weighted by molar-refractivity contribution is 5.69. The lowest BCUT2D eigenvalue weighted by Gasteiger charge is -2.09. The summed E-state index contributed by atoms with van der Waals surface area (Å²) in [5, 5.41) is 0. The van der Waals surface area contributed by atoms with E-state index in [2.05, 4.69) is 6.92 Å². The Labute approximate surface area is 276 Å². The van der Waals surface area contributed by atoms with Gasteiger partial charge in [-0.25, -0.2) is 0 Å². The van der Waals surface area contributed by atoms with Crippen LogP contribution in [-0.4, -0.2) is 138 Å². The van der Waals surface area contributed by atoms with Crippen LogP contribution in [0.25, 0.3) is 0 Å². The molecule has 0 amide bonds. The zero-order valence-corrected chi connectivity index (χ0v) is 28.2. The van der Waals surface area contributed by atoms with Gasteiger partial charge in [-0.15, -0.1) is 0 Å². The number of esters is 1. The van der Waals surface area contributed by atoms with Crippen molar-refractivity contribution in [3.8, 4) is 5.75 Å². The second-order valence-electron chi connectivity index (χ2n) is 10.1. The fourth-order valence-corrected chi connectivity index (χ4v) is 3.76. The van der Waals surface area contributed by atoms with E-state index in [-0.39, 0.29) is 12.6 Å². The number of carbonyl (C=O) groups is 1. The van der Waals surface area contributed by atoms with Gasteiger partial charge < -0.3 is 52.1 Å². The molecule has 1 rings (SSSR count). The van der Waals surface area contributed by atoms with E-state index in [4.69, 9.17) is 52.1 Å². The number of hydrogen-bond acceptors (Lipinski definition) is 12. The van der Waals surface area contributed by atoms with Crippen molar-refractivity contribution in [2.24, 2.45) is 0 Å². The third-order valence-electron chi connectivity index (χ3n) is 6.19. The normalized spacial score (nSPS) is 11.2. The van der Waals surface area contributed by atoms with Crippen LogP contribution in [0.15, 0.2) is 30.3 Å². The number of carbonyl (C=O) groups excluding carboxylic acids is 1. The van der Waals surface area contributed by atoms with E-state index in [1.807, 2.05) is 30.3 Å². The molecule has 1 aromatic rings. The highest BCUT2D eigenvalue weighted by atomic mass is 16.6. The molecule has 0 saturated carbocycles. The molecule has 0 N–H and O–H groups in total. The molecule has 0 spiro atoms. The number of benzene rings is 1. The summed E-state index contributed by atoms with van der Waals surface area (Å²) < 4.78 is 59.9. The molecule has 0 aliphatic heterocycles. The molecule has 0 aromatic heterocycles. The SMILES string of the molecule is CCCCCCCC(=O)OCCOCCOCCOCCOCCOCCOCCOCCOCCOCCOc1ccccc1. The monoisotopic (exact) mass is 660 g/mol. The Kier molecular flexibility index (Phi) is 33.0. The third kappa shape index (κ3) is 32.1. The molecule has 0 bridgehead atoms. The molecule has 0 heterocycles. The first-order valence-electron chi connectivity index (χ1n) is 16.9. The zero-order chi connectivity index (χ0) is 32.9. The number of hydrogen-bond donors (Lipinski definition) is 0. The highest BCUT2D eigenvalue weighted by Crippen LogP contribution is 2.07. The molecule has 46 heavy (non-hydrogen) atoms. The molecule has 0 fully saturated rings. The summed E-state index contributed by atoms with van der Waals surface area (Å²) in [6.07, 6.45) is 6.08. The summed E-state index contributed by atoms with van der Waals surface area (Å²) in [6, 6.07) is 9.67. The first kappa shape index (κ1) is 42.2. The molecule has 268 valence electrons. The van der Waals surface area contributed by atoms with E-state index >= 15 is 0 Å². The van der Waals surface area contributed by atoms with Crippen LogP contribution in [0, 0.1) is 0 Å². The fourth-order valence-electron chi connectivity index (χ4n) is 3.76. The maximum atomic E-state index is 11.6. The van der Waals surface area contributed by atoms with Gasteiger partial charge >= 0.3 is 5.97 Å². The van der Waals surface area contributed by atoms with Crippen LogP contribution in [0.4, 0.5) is 0 Å². The lowest BCUT2D eigenvalue weighted by atomic mass is 10.1. The summed E-state index contributed by atoms with van der Waals surface area (Å²) >= 11 is 0. The Hall–Kier alpha value is -1.87. The maximum Gasteiger partial charge on any atom is 0.305 e. The number of para-hydroxylation sites is 1. The lowest BCUT2D eigenvalue weighted by Crippen LogP contribution is -2.15. The van der Waals surface area contributed by atoms with E-state index in [1.165, 1.54) is 19.3 Å². The number of ether oxygens (including phenoxy) is 11. The van der Waals surface area contributed by atoms with Crippen LogP contribution < -0.4 is 4.74 Å². The minimum atomic E-state index is -0.147. The fraction of sp³-hybridized carbons (Fsp3) is 0.794. The number of unbranched alkanes of at least 4 members (excludes halogenated alkanes) is 4. The van der Waals surface area contributed by atoms with Gasteiger partial charge in [0.15, 0.2) is 0 Å². The average Bonchev–Trinajstić information content (AvgIpc) is 3.07. The predicted octanol–water partition coefficient (Wildman–Crippen LogP) is 4.12. The standard InChI is InChI=1S/C34H60O12/c1-2-3-4-5-9-12-34(35)46-32-30-44-28-26-42-24-22-40-20-18-38-16-14-36-13-15-37-17-19-39-21-23-41-25-27-43-29-31-45-33-10-7-6-8-11-33/h6-8,10-11H,2-5,9,12-32H2,1H3. The quantitative estimate of drug-likeness (QED) is 0.0755. The van der Waals surface area contributed by atoms with Gasteiger partial charge in [0.1, 0.15) is 19.0 Å². The summed E-state index contributed by atoms with van der Waals surface area (Å²) in [5.74, 6) is 0.696. The Morgan fingerprint density at radius 3 is 1.17 bits per heavy atom. The zero-order valence-electron chi connectivity index (χ0n) is 28.2.